The van der Waals surface area contributed by atoms with Gasteiger partial charge in [0.05, 0.1) is 17.6 Å². The summed E-state index contributed by atoms with van der Waals surface area (Å²) >= 11 is 0. The van der Waals surface area contributed by atoms with Crippen LogP contribution in [0.4, 0.5) is 0 Å². The van der Waals surface area contributed by atoms with Gasteiger partial charge >= 0.3 is 0 Å². The predicted molar refractivity (Wildman–Crippen MR) is 75.9 cm³/mol. The number of piperidine rings is 1. The summed E-state index contributed by atoms with van der Waals surface area (Å²) < 4.78 is 32.2. The minimum Gasteiger partial charge on any atom is -0.392 e. The van der Waals surface area contributed by atoms with Crippen LogP contribution in [0.5, 0.6) is 0 Å². The Morgan fingerprint density at radius 3 is 2.85 bits per heavy atom. The van der Waals surface area contributed by atoms with E-state index in [9.17, 15) is 13.5 Å². The number of hydrogen-bond donors (Lipinski definition) is 1. The van der Waals surface area contributed by atoms with Crippen LogP contribution in [-0.4, -0.2) is 44.1 Å². The van der Waals surface area contributed by atoms with Gasteiger partial charge in [0, 0.05) is 20.2 Å². The molecule has 0 aromatic heterocycles. The first-order chi connectivity index (χ1) is 9.48. The molecule has 1 saturated heterocycles. The third-order valence-corrected chi connectivity index (χ3v) is 5.73. The fraction of sp³-hybridized carbons (Fsp3) is 0.571. The van der Waals surface area contributed by atoms with Gasteiger partial charge < -0.3 is 9.84 Å². The van der Waals surface area contributed by atoms with Crippen LogP contribution < -0.4 is 0 Å². The second-order valence-electron chi connectivity index (χ2n) is 5.12. The van der Waals surface area contributed by atoms with Crippen LogP contribution in [0.25, 0.3) is 0 Å². The molecule has 1 aromatic carbocycles. The highest BCUT2D eigenvalue weighted by Gasteiger charge is 2.31. The van der Waals surface area contributed by atoms with Crippen LogP contribution in [0.2, 0.25) is 0 Å². The fourth-order valence-corrected chi connectivity index (χ4v) is 4.26. The van der Waals surface area contributed by atoms with Crippen LogP contribution in [-0.2, 0) is 21.4 Å². The van der Waals surface area contributed by atoms with Crippen molar-refractivity contribution in [1.82, 2.24) is 4.31 Å². The molecule has 112 valence electrons. The molecule has 1 aromatic rings. The van der Waals surface area contributed by atoms with Crippen LogP contribution in [0.15, 0.2) is 23.1 Å². The molecule has 0 aliphatic carbocycles. The molecule has 0 amide bonds. The average molecular weight is 299 g/mol. The number of rotatable bonds is 4. The van der Waals surface area contributed by atoms with Crippen LogP contribution >= 0.6 is 0 Å². The number of nitrogens with zero attached hydrogens (tertiary/aromatic N) is 1. The van der Waals surface area contributed by atoms with Crippen molar-refractivity contribution in [2.24, 2.45) is 0 Å². The molecular weight excluding hydrogens is 278 g/mol. The molecular formula is C14H21NO4S. The molecule has 1 heterocycles. The van der Waals surface area contributed by atoms with Crippen molar-refractivity contribution in [3.63, 3.8) is 0 Å². The van der Waals surface area contributed by atoms with E-state index in [4.69, 9.17) is 4.74 Å². The number of aryl methyl sites for hydroxylation is 1. The van der Waals surface area contributed by atoms with Gasteiger partial charge in [0.1, 0.15) is 0 Å². The maximum Gasteiger partial charge on any atom is 0.243 e. The summed E-state index contributed by atoms with van der Waals surface area (Å²) in [5.74, 6) is 0. The standard InChI is InChI=1S/C14H21NO4S/c1-11-5-6-12(10-16)8-14(11)20(17,18)15-7-3-4-13(9-15)19-2/h5-6,8,13,16H,3-4,7,9-10H2,1-2H3. The van der Waals surface area contributed by atoms with Gasteiger partial charge in [-0.05, 0) is 37.0 Å². The van der Waals surface area contributed by atoms with Gasteiger partial charge in [-0.25, -0.2) is 8.42 Å². The summed E-state index contributed by atoms with van der Waals surface area (Å²) in [7, 11) is -1.92. The van der Waals surface area contributed by atoms with Crippen molar-refractivity contribution in [3.05, 3.63) is 29.3 Å². The molecule has 2 rings (SSSR count). The SMILES string of the molecule is COC1CCCN(S(=O)(=O)c2cc(CO)ccc2C)C1. The van der Waals surface area contributed by atoms with Crippen molar-refractivity contribution >= 4 is 10.0 Å². The number of benzene rings is 1. The number of aliphatic hydroxyl groups is 1. The maximum atomic E-state index is 12.7. The quantitative estimate of drug-likeness (QED) is 0.909. The summed E-state index contributed by atoms with van der Waals surface area (Å²) in [5, 5.41) is 9.18. The lowest BCUT2D eigenvalue weighted by atomic mass is 10.1. The zero-order valence-electron chi connectivity index (χ0n) is 11.9. The van der Waals surface area contributed by atoms with Gasteiger partial charge in [-0.15, -0.1) is 0 Å². The molecule has 0 radical (unpaired) electrons. The molecule has 1 aliphatic heterocycles. The van der Waals surface area contributed by atoms with Crippen LogP contribution in [0, 0.1) is 6.92 Å². The van der Waals surface area contributed by atoms with Crippen molar-refractivity contribution in [1.29, 1.82) is 0 Å². The normalized spacial score (nSPS) is 21.1. The van der Waals surface area contributed by atoms with E-state index in [2.05, 4.69) is 0 Å². The minimum absolute atomic E-state index is 0.0418. The summed E-state index contributed by atoms with van der Waals surface area (Å²) in [5.41, 5.74) is 1.30. The maximum absolute atomic E-state index is 12.7. The van der Waals surface area contributed by atoms with Gasteiger partial charge in [-0.3, -0.25) is 0 Å². The first-order valence-corrected chi connectivity index (χ1v) is 8.16. The molecule has 0 bridgehead atoms. The Labute approximate surface area is 120 Å². The number of ether oxygens (including phenoxy) is 1. The Morgan fingerprint density at radius 2 is 2.20 bits per heavy atom. The van der Waals surface area contributed by atoms with Crippen LogP contribution in [0.1, 0.15) is 24.0 Å². The van der Waals surface area contributed by atoms with Gasteiger partial charge in [0.25, 0.3) is 0 Å². The summed E-state index contributed by atoms with van der Waals surface area (Å²) in [4.78, 5) is 0.279. The Morgan fingerprint density at radius 1 is 1.45 bits per heavy atom. The molecule has 0 spiro atoms. The van der Waals surface area contributed by atoms with E-state index in [1.54, 1.807) is 32.2 Å². The fourth-order valence-electron chi connectivity index (χ4n) is 2.48. The van der Waals surface area contributed by atoms with Crippen LogP contribution in [0.3, 0.4) is 0 Å². The molecule has 0 saturated carbocycles. The predicted octanol–water partition coefficient (Wildman–Crippen LogP) is 1.29. The molecule has 1 fully saturated rings. The summed E-state index contributed by atoms with van der Waals surface area (Å²) in [6, 6.07) is 5.03. The van der Waals surface area contributed by atoms with Crippen molar-refractivity contribution in [2.75, 3.05) is 20.2 Å². The van der Waals surface area contributed by atoms with E-state index < -0.39 is 10.0 Å². The number of hydrogen-bond acceptors (Lipinski definition) is 4. The monoisotopic (exact) mass is 299 g/mol. The van der Waals surface area contributed by atoms with Gasteiger partial charge in [0.2, 0.25) is 10.0 Å². The zero-order valence-corrected chi connectivity index (χ0v) is 12.7. The molecule has 1 unspecified atom stereocenters. The third kappa shape index (κ3) is 3.03. The first kappa shape index (κ1) is 15.4. The lowest BCUT2D eigenvalue weighted by molar-refractivity contribution is 0.0571. The number of methoxy groups -OCH3 is 1. The lowest BCUT2D eigenvalue weighted by Gasteiger charge is -2.31. The molecule has 20 heavy (non-hydrogen) atoms. The zero-order chi connectivity index (χ0) is 14.8. The summed E-state index contributed by atoms with van der Waals surface area (Å²) in [6.45, 7) is 2.52. The van der Waals surface area contributed by atoms with E-state index in [0.717, 1.165) is 12.8 Å². The Bertz CT molecular complexity index is 571. The topological polar surface area (TPSA) is 66.8 Å². The molecule has 1 atom stereocenters. The summed E-state index contributed by atoms with van der Waals surface area (Å²) in [6.07, 6.45) is 1.65. The van der Waals surface area contributed by atoms with Gasteiger partial charge in [-0.2, -0.15) is 4.31 Å². The first-order valence-electron chi connectivity index (χ1n) is 6.72. The second-order valence-corrected chi connectivity index (χ2v) is 7.03. The van der Waals surface area contributed by atoms with Crippen molar-refractivity contribution in [3.8, 4) is 0 Å². The van der Waals surface area contributed by atoms with Gasteiger partial charge in [0.15, 0.2) is 0 Å². The number of sulfonamides is 1. The Balaban J connectivity index is 2.34. The third-order valence-electron chi connectivity index (χ3n) is 3.73. The largest absolute Gasteiger partial charge is 0.392 e. The smallest absolute Gasteiger partial charge is 0.243 e. The number of aliphatic hydroxyl groups excluding tert-OH is 1. The van der Waals surface area contributed by atoms with E-state index in [1.165, 1.54) is 4.31 Å². The highest BCUT2D eigenvalue weighted by atomic mass is 32.2. The second kappa shape index (κ2) is 6.22. The van der Waals surface area contributed by atoms with Crippen molar-refractivity contribution in [2.45, 2.75) is 37.4 Å². The minimum atomic E-state index is -3.53. The Hall–Kier alpha value is -0.950. The highest BCUT2D eigenvalue weighted by Crippen LogP contribution is 2.25. The molecule has 6 heteroatoms. The van der Waals surface area contributed by atoms with E-state index in [-0.39, 0.29) is 17.6 Å². The average Bonchev–Trinajstić information content (AvgIpc) is 2.47. The Kier molecular flexibility index (Phi) is 4.80. The van der Waals surface area contributed by atoms with Gasteiger partial charge in [-0.1, -0.05) is 12.1 Å². The lowest BCUT2D eigenvalue weighted by Crippen LogP contribution is -2.43. The molecule has 5 nitrogen and oxygen atoms in total. The van der Waals surface area contributed by atoms with E-state index in [0.29, 0.717) is 24.2 Å². The van der Waals surface area contributed by atoms with Crippen molar-refractivity contribution < 1.29 is 18.3 Å². The molecule has 1 N–H and O–H groups in total. The molecule has 1 aliphatic rings. The van der Waals surface area contributed by atoms with E-state index in [1.807, 2.05) is 0 Å². The van der Waals surface area contributed by atoms with E-state index >= 15 is 0 Å². The highest BCUT2D eigenvalue weighted by molar-refractivity contribution is 7.89.